The highest BCUT2D eigenvalue weighted by atomic mass is 16.1. The molecule has 0 N–H and O–H groups in total. The third kappa shape index (κ3) is 0.924. The van der Waals surface area contributed by atoms with Crippen LogP contribution in [0, 0.1) is 17.8 Å². The van der Waals surface area contributed by atoms with Crippen molar-refractivity contribution in [3.8, 4) is 0 Å². The van der Waals surface area contributed by atoms with Gasteiger partial charge in [0.15, 0.2) is 0 Å². The molecular weight excluding hydrogens is 140 g/mol. The number of Topliss-reactive ketones (excluding diaryl/α,β-unsaturated/α-hetero) is 2. The first-order chi connectivity index (χ1) is 5.18. The molecule has 2 rings (SSSR count). The number of hydrogen-bond donors (Lipinski definition) is 0. The van der Waals surface area contributed by atoms with Crippen LogP contribution in [-0.2, 0) is 9.59 Å². The molecule has 0 radical (unpaired) electrons. The lowest BCUT2D eigenvalue weighted by molar-refractivity contribution is -0.126. The Kier molecular flexibility index (Phi) is 1.38. The highest BCUT2D eigenvalue weighted by molar-refractivity contribution is 5.89. The van der Waals surface area contributed by atoms with Gasteiger partial charge >= 0.3 is 0 Å². The molecule has 0 aromatic heterocycles. The maximum absolute atomic E-state index is 11.1. The van der Waals surface area contributed by atoms with Crippen molar-refractivity contribution in [1.29, 1.82) is 0 Å². The van der Waals surface area contributed by atoms with Crippen LogP contribution in [0.1, 0.15) is 26.2 Å². The molecule has 2 aliphatic rings. The van der Waals surface area contributed by atoms with Crippen LogP contribution in [0.5, 0.6) is 0 Å². The first-order valence-corrected chi connectivity index (χ1v) is 4.21. The zero-order valence-corrected chi connectivity index (χ0v) is 6.67. The predicted molar refractivity (Wildman–Crippen MR) is 40.0 cm³/mol. The van der Waals surface area contributed by atoms with Crippen LogP contribution in [0.25, 0.3) is 0 Å². The van der Waals surface area contributed by atoms with E-state index in [1.165, 1.54) is 0 Å². The number of rotatable bonds is 1. The van der Waals surface area contributed by atoms with Crippen molar-refractivity contribution in [1.82, 2.24) is 0 Å². The molecule has 2 bridgehead atoms. The van der Waals surface area contributed by atoms with Gasteiger partial charge in [-0.15, -0.1) is 0 Å². The van der Waals surface area contributed by atoms with Gasteiger partial charge in [0.25, 0.3) is 0 Å². The molecule has 0 aromatic rings. The van der Waals surface area contributed by atoms with Crippen LogP contribution in [0.3, 0.4) is 0 Å². The number of fused-ring (bicyclic) bond motifs is 2. The van der Waals surface area contributed by atoms with Crippen molar-refractivity contribution in [2.75, 3.05) is 0 Å². The molecule has 2 aliphatic carbocycles. The summed E-state index contributed by atoms with van der Waals surface area (Å²) in [5.74, 6) is 1.55. The van der Waals surface area contributed by atoms with E-state index in [0.717, 1.165) is 12.8 Å². The molecule has 60 valence electrons. The van der Waals surface area contributed by atoms with Gasteiger partial charge in [-0.3, -0.25) is 9.59 Å². The minimum absolute atomic E-state index is 0.220. The summed E-state index contributed by atoms with van der Waals surface area (Å²) in [6, 6.07) is 0. The first-order valence-electron chi connectivity index (χ1n) is 4.21. The van der Waals surface area contributed by atoms with Gasteiger partial charge in [-0.1, -0.05) is 0 Å². The van der Waals surface area contributed by atoms with Gasteiger partial charge in [0.1, 0.15) is 11.6 Å². The number of carbonyl (C=O) groups is 2. The lowest BCUT2D eigenvalue weighted by atomic mass is 9.86. The Morgan fingerprint density at radius 2 is 2.18 bits per heavy atom. The minimum atomic E-state index is 0.220. The Balaban J connectivity index is 2.14. The molecule has 11 heavy (non-hydrogen) atoms. The van der Waals surface area contributed by atoms with Crippen LogP contribution in [0.15, 0.2) is 0 Å². The summed E-state index contributed by atoms with van der Waals surface area (Å²) in [7, 11) is 0. The maximum Gasteiger partial charge on any atom is 0.136 e. The fraction of sp³-hybridized carbons (Fsp3) is 0.778. The molecule has 0 spiro atoms. The van der Waals surface area contributed by atoms with E-state index in [4.69, 9.17) is 0 Å². The van der Waals surface area contributed by atoms with Crippen molar-refractivity contribution in [2.24, 2.45) is 17.8 Å². The van der Waals surface area contributed by atoms with Crippen molar-refractivity contribution < 1.29 is 9.59 Å². The Hall–Kier alpha value is -0.660. The van der Waals surface area contributed by atoms with Crippen LogP contribution in [-0.4, -0.2) is 11.6 Å². The van der Waals surface area contributed by atoms with E-state index < -0.39 is 0 Å². The highest BCUT2D eigenvalue weighted by Crippen LogP contribution is 2.46. The SMILES string of the molecule is CC(=O)C1CC2CC1CC2=O. The molecule has 0 amide bonds. The third-order valence-electron chi connectivity index (χ3n) is 3.14. The fourth-order valence-electron chi connectivity index (χ4n) is 2.54. The van der Waals surface area contributed by atoms with Crippen LogP contribution >= 0.6 is 0 Å². The largest absolute Gasteiger partial charge is 0.300 e. The molecule has 0 saturated heterocycles. The number of hydrogen-bond acceptors (Lipinski definition) is 2. The van der Waals surface area contributed by atoms with Gasteiger partial charge in [-0.2, -0.15) is 0 Å². The van der Waals surface area contributed by atoms with Crippen molar-refractivity contribution in [2.45, 2.75) is 26.2 Å². The molecule has 0 heterocycles. The molecule has 2 saturated carbocycles. The van der Waals surface area contributed by atoms with E-state index in [9.17, 15) is 9.59 Å². The smallest absolute Gasteiger partial charge is 0.136 e. The minimum Gasteiger partial charge on any atom is -0.300 e. The molecule has 2 heteroatoms. The molecule has 0 aliphatic heterocycles. The van der Waals surface area contributed by atoms with Gasteiger partial charge in [-0.05, 0) is 25.7 Å². The van der Waals surface area contributed by atoms with E-state index in [1.54, 1.807) is 6.92 Å². The topological polar surface area (TPSA) is 34.1 Å². The van der Waals surface area contributed by atoms with Crippen molar-refractivity contribution in [3.05, 3.63) is 0 Å². The van der Waals surface area contributed by atoms with Crippen molar-refractivity contribution in [3.63, 3.8) is 0 Å². The average molecular weight is 152 g/mol. The van der Waals surface area contributed by atoms with Crippen LogP contribution in [0.2, 0.25) is 0 Å². The van der Waals surface area contributed by atoms with E-state index >= 15 is 0 Å². The Labute approximate surface area is 66.0 Å². The molecule has 3 unspecified atom stereocenters. The highest BCUT2D eigenvalue weighted by Gasteiger charge is 2.46. The van der Waals surface area contributed by atoms with E-state index in [1.807, 2.05) is 0 Å². The van der Waals surface area contributed by atoms with E-state index in [0.29, 0.717) is 18.1 Å². The van der Waals surface area contributed by atoms with Crippen molar-refractivity contribution >= 4 is 11.6 Å². The Bertz CT molecular complexity index is 220. The summed E-state index contributed by atoms with van der Waals surface area (Å²) in [6.07, 6.45) is 2.51. The van der Waals surface area contributed by atoms with Crippen LogP contribution in [0.4, 0.5) is 0 Å². The maximum atomic E-state index is 11.1. The second kappa shape index (κ2) is 2.16. The fourth-order valence-corrected chi connectivity index (χ4v) is 2.54. The van der Waals surface area contributed by atoms with Gasteiger partial charge in [0, 0.05) is 18.3 Å². The summed E-state index contributed by atoms with van der Waals surface area (Å²) in [6.45, 7) is 1.65. The quantitative estimate of drug-likeness (QED) is 0.565. The first kappa shape index (κ1) is 7.01. The Morgan fingerprint density at radius 1 is 1.45 bits per heavy atom. The molecule has 0 aromatic carbocycles. The van der Waals surface area contributed by atoms with Gasteiger partial charge in [0.05, 0.1) is 0 Å². The summed E-state index contributed by atoms with van der Waals surface area (Å²) in [5, 5.41) is 0. The molecule has 3 atom stereocenters. The lowest BCUT2D eigenvalue weighted by Gasteiger charge is -2.17. The second-order valence-electron chi connectivity index (χ2n) is 3.82. The predicted octanol–water partition coefficient (Wildman–Crippen LogP) is 1.19. The number of carbonyl (C=O) groups excluding carboxylic acids is 2. The zero-order chi connectivity index (χ0) is 8.01. The molecule has 2 fully saturated rings. The van der Waals surface area contributed by atoms with Gasteiger partial charge in [0.2, 0.25) is 0 Å². The molecular formula is C9H12O2. The zero-order valence-electron chi connectivity index (χ0n) is 6.67. The van der Waals surface area contributed by atoms with E-state index in [2.05, 4.69) is 0 Å². The summed E-state index contributed by atoms with van der Waals surface area (Å²) >= 11 is 0. The lowest BCUT2D eigenvalue weighted by Crippen LogP contribution is -2.22. The monoisotopic (exact) mass is 152 g/mol. The van der Waals surface area contributed by atoms with Gasteiger partial charge in [-0.25, -0.2) is 0 Å². The number of ketones is 2. The van der Waals surface area contributed by atoms with Gasteiger partial charge < -0.3 is 0 Å². The van der Waals surface area contributed by atoms with E-state index in [-0.39, 0.29) is 17.6 Å². The summed E-state index contributed by atoms with van der Waals surface area (Å²) in [5.41, 5.74) is 0. The summed E-state index contributed by atoms with van der Waals surface area (Å²) < 4.78 is 0. The second-order valence-corrected chi connectivity index (χ2v) is 3.82. The normalized spacial score (nSPS) is 41.5. The Morgan fingerprint density at radius 3 is 2.55 bits per heavy atom. The van der Waals surface area contributed by atoms with Crippen LogP contribution < -0.4 is 0 Å². The molecule has 2 nitrogen and oxygen atoms in total. The average Bonchev–Trinajstić information content (AvgIpc) is 2.43. The summed E-state index contributed by atoms with van der Waals surface area (Å²) in [4.78, 5) is 22.1. The third-order valence-corrected chi connectivity index (χ3v) is 3.14. The standard InChI is InChI=1S/C9H12O2/c1-5(10)8-3-7-2-6(8)4-9(7)11/h6-8H,2-4H2,1H3.